The van der Waals surface area contributed by atoms with Crippen LogP contribution in [-0.2, 0) is 17.8 Å². The molecule has 1 heterocycles. The fourth-order valence-corrected chi connectivity index (χ4v) is 2.89. The van der Waals surface area contributed by atoms with Crippen LogP contribution in [0.5, 0.6) is 5.75 Å². The highest BCUT2D eigenvalue weighted by Gasteiger charge is 2.24. The van der Waals surface area contributed by atoms with E-state index in [1.54, 1.807) is 29.2 Å². The standard InChI is InChI=1S/C20H18N2O4/c21-12-14-1-3-15(4-2-14)13-26-17-5-6-18-16(11-17)7-9-22(20(18)25)10-8-19(23)24/h1-6,11H,7-10,13H2,(H,23,24). The second-order valence-electron chi connectivity index (χ2n) is 6.10. The van der Waals surface area contributed by atoms with E-state index in [1.165, 1.54) is 0 Å². The Balaban J connectivity index is 1.65. The number of benzene rings is 2. The van der Waals surface area contributed by atoms with Gasteiger partial charge in [-0.25, -0.2) is 0 Å². The summed E-state index contributed by atoms with van der Waals surface area (Å²) in [4.78, 5) is 24.7. The Labute approximate surface area is 151 Å². The summed E-state index contributed by atoms with van der Waals surface area (Å²) in [7, 11) is 0. The largest absolute Gasteiger partial charge is 0.489 e. The first-order valence-corrected chi connectivity index (χ1v) is 8.32. The lowest BCUT2D eigenvalue weighted by molar-refractivity contribution is -0.137. The van der Waals surface area contributed by atoms with Gasteiger partial charge in [0.05, 0.1) is 18.1 Å². The average Bonchev–Trinajstić information content (AvgIpc) is 2.66. The number of ether oxygens (including phenoxy) is 1. The van der Waals surface area contributed by atoms with Gasteiger partial charge in [0.1, 0.15) is 12.4 Å². The number of amides is 1. The SMILES string of the molecule is N#Cc1ccc(COc2ccc3c(c2)CCN(CCC(=O)O)C3=O)cc1. The van der Waals surface area contributed by atoms with Crippen LogP contribution in [0.1, 0.15) is 33.5 Å². The number of nitrogens with zero attached hydrogens (tertiary/aromatic N) is 2. The smallest absolute Gasteiger partial charge is 0.305 e. The van der Waals surface area contributed by atoms with E-state index in [4.69, 9.17) is 15.1 Å². The van der Waals surface area contributed by atoms with Crippen molar-refractivity contribution in [3.8, 4) is 11.8 Å². The number of aliphatic carboxylic acids is 1. The van der Waals surface area contributed by atoms with Gasteiger partial charge in [0.25, 0.3) is 5.91 Å². The number of carbonyl (C=O) groups is 2. The van der Waals surface area contributed by atoms with Gasteiger partial charge in [-0.3, -0.25) is 9.59 Å². The Kier molecular flexibility index (Phi) is 5.18. The Morgan fingerprint density at radius 1 is 1.23 bits per heavy atom. The number of rotatable bonds is 6. The zero-order valence-electron chi connectivity index (χ0n) is 14.1. The van der Waals surface area contributed by atoms with E-state index >= 15 is 0 Å². The van der Waals surface area contributed by atoms with Crippen molar-refractivity contribution in [1.29, 1.82) is 5.26 Å². The highest BCUT2D eigenvalue weighted by Crippen LogP contribution is 2.24. The Bertz CT molecular complexity index is 868. The van der Waals surface area contributed by atoms with Crippen molar-refractivity contribution in [2.45, 2.75) is 19.4 Å². The maximum Gasteiger partial charge on any atom is 0.305 e. The summed E-state index contributed by atoms with van der Waals surface area (Å²) in [6.45, 7) is 1.12. The van der Waals surface area contributed by atoms with Crippen LogP contribution in [-0.4, -0.2) is 35.0 Å². The van der Waals surface area contributed by atoms with Gasteiger partial charge >= 0.3 is 5.97 Å². The summed E-state index contributed by atoms with van der Waals surface area (Å²) in [6, 6.07) is 14.6. The number of carboxylic acid groups (broad SMARTS) is 1. The van der Waals surface area contributed by atoms with Gasteiger partial charge < -0.3 is 14.7 Å². The summed E-state index contributed by atoms with van der Waals surface area (Å²) in [5.74, 6) is -0.360. The molecular weight excluding hydrogens is 332 g/mol. The summed E-state index contributed by atoms with van der Waals surface area (Å²) in [5.41, 5.74) is 3.08. The van der Waals surface area contributed by atoms with Crippen LogP contribution in [0.3, 0.4) is 0 Å². The van der Waals surface area contributed by atoms with Crippen LogP contribution in [0, 0.1) is 11.3 Å². The van der Waals surface area contributed by atoms with Gasteiger partial charge in [-0.05, 0) is 47.9 Å². The Morgan fingerprint density at radius 2 is 2.00 bits per heavy atom. The Morgan fingerprint density at radius 3 is 2.69 bits per heavy atom. The molecule has 1 amide bonds. The molecule has 132 valence electrons. The molecule has 0 bridgehead atoms. The van der Waals surface area contributed by atoms with Gasteiger partial charge in [0, 0.05) is 18.7 Å². The normalized spacial score (nSPS) is 13.0. The summed E-state index contributed by atoms with van der Waals surface area (Å²) >= 11 is 0. The quantitative estimate of drug-likeness (QED) is 0.865. The van der Waals surface area contributed by atoms with Gasteiger partial charge in [0.2, 0.25) is 0 Å². The van der Waals surface area contributed by atoms with Crippen LogP contribution in [0.2, 0.25) is 0 Å². The molecule has 2 aromatic rings. The molecule has 0 aliphatic carbocycles. The fraction of sp³-hybridized carbons (Fsp3) is 0.250. The summed E-state index contributed by atoms with van der Waals surface area (Å²) in [5, 5.41) is 17.6. The predicted molar refractivity (Wildman–Crippen MR) is 93.8 cm³/mol. The van der Waals surface area contributed by atoms with Gasteiger partial charge in [-0.15, -0.1) is 0 Å². The molecule has 3 rings (SSSR count). The van der Waals surface area contributed by atoms with Crippen molar-refractivity contribution in [2.75, 3.05) is 13.1 Å². The molecular formula is C20H18N2O4. The van der Waals surface area contributed by atoms with E-state index < -0.39 is 5.97 Å². The molecule has 0 aromatic heterocycles. The van der Waals surface area contributed by atoms with Crippen molar-refractivity contribution < 1.29 is 19.4 Å². The lowest BCUT2D eigenvalue weighted by Gasteiger charge is -2.28. The molecule has 1 aliphatic heterocycles. The van der Waals surface area contributed by atoms with Crippen LogP contribution < -0.4 is 4.74 Å². The second-order valence-corrected chi connectivity index (χ2v) is 6.10. The molecule has 2 aromatic carbocycles. The number of hydrogen-bond acceptors (Lipinski definition) is 4. The van der Waals surface area contributed by atoms with Gasteiger partial charge in [0.15, 0.2) is 0 Å². The lowest BCUT2D eigenvalue weighted by atomic mass is 9.98. The zero-order chi connectivity index (χ0) is 18.5. The van der Waals surface area contributed by atoms with E-state index in [0.717, 1.165) is 11.1 Å². The molecule has 0 unspecified atom stereocenters. The maximum absolute atomic E-state index is 12.4. The number of hydrogen-bond donors (Lipinski definition) is 1. The fourth-order valence-electron chi connectivity index (χ4n) is 2.89. The minimum absolute atomic E-state index is 0.0488. The molecule has 0 radical (unpaired) electrons. The molecule has 1 N–H and O–H groups in total. The molecule has 26 heavy (non-hydrogen) atoms. The van der Waals surface area contributed by atoms with Crippen LogP contribution in [0.15, 0.2) is 42.5 Å². The van der Waals surface area contributed by atoms with Crippen molar-refractivity contribution in [1.82, 2.24) is 4.90 Å². The molecule has 6 nitrogen and oxygen atoms in total. The first-order valence-electron chi connectivity index (χ1n) is 8.32. The third-order valence-electron chi connectivity index (χ3n) is 4.33. The third-order valence-corrected chi connectivity index (χ3v) is 4.33. The number of nitriles is 1. The van der Waals surface area contributed by atoms with Crippen LogP contribution in [0.4, 0.5) is 0 Å². The second kappa shape index (κ2) is 7.70. The first kappa shape index (κ1) is 17.5. The molecule has 6 heteroatoms. The summed E-state index contributed by atoms with van der Waals surface area (Å²) < 4.78 is 5.79. The van der Waals surface area contributed by atoms with Crippen molar-refractivity contribution in [3.63, 3.8) is 0 Å². The number of carbonyl (C=O) groups excluding carboxylic acids is 1. The van der Waals surface area contributed by atoms with E-state index in [9.17, 15) is 9.59 Å². The van der Waals surface area contributed by atoms with E-state index in [2.05, 4.69) is 6.07 Å². The predicted octanol–water partition coefficient (Wildman–Crippen LogP) is 2.61. The van der Waals surface area contributed by atoms with E-state index in [-0.39, 0.29) is 18.9 Å². The highest BCUT2D eigenvalue weighted by molar-refractivity contribution is 5.97. The molecule has 0 spiro atoms. The highest BCUT2D eigenvalue weighted by atomic mass is 16.5. The summed E-state index contributed by atoms with van der Waals surface area (Å²) in [6.07, 6.45) is 0.627. The molecule has 0 fully saturated rings. The number of carboxylic acids is 1. The van der Waals surface area contributed by atoms with Crippen LogP contribution >= 0.6 is 0 Å². The zero-order valence-corrected chi connectivity index (χ0v) is 14.1. The molecule has 1 aliphatic rings. The van der Waals surface area contributed by atoms with Gasteiger partial charge in [-0.2, -0.15) is 5.26 Å². The van der Waals surface area contributed by atoms with Crippen molar-refractivity contribution >= 4 is 11.9 Å². The van der Waals surface area contributed by atoms with Gasteiger partial charge in [-0.1, -0.05) is 12.1 Å². The van der Waals surface area contributed by atoms with Crippen LogP contribution in [0.25, 0.3) is 0 Å². The average molecular weight is 350 g/mol. The molecule has 0 atom stereocenters. The first-order chi connectivity index (χ1) is 12.6. The molecule has 0 saturated carbocycles. The minimum atomic E-state index is -0.907. The molecule has 0 saturated heterocycles. The van der Waals surface area contributed by atoms with E-state index in [0.29, 0.717) is 36.4 Å². The van der Waals surface area contributed by atoms with Crippen molar-refractivity contribution in [3.05, 3.63) is 64.7 Å². The lowest BCUT2D eigenvalue weighted by Crippen LogP contribution is -2.38. The maximum atomic E-state index is 12.4. The minimum Gasteiger partial charge on any atom is -0.489 e. The topological polar surface area (TPSA) is 90.6 Å². The third kappa shape index (κ3) is 4.01. The number of fused-ring (bicyclic) bond motifs is 1. The monoisotopic (exact) mass is 350 g/mol. The Hall–Kier alpha value is -3.33. The van der Waals surface area contributed by atoms with E-state index in [1.807, 2.05) is 18.2 Å². The van der Waals surface area contributed by atoms with Crippen molar-refractivity contribution in [2.24, 2.45) is 0 Å².